The van der Waals surface area contributed by atoms with Crippen LogP contribution in [0.3, 0.4) is 0 Å². The van der Waals surface area contributed by atoms with Crippen LogP contribution >= 0.6 is 0 Å². The van der Waals surface area contributed by atoms with E-state index in [1.54, 1.807) is 19.2 Å². The van der Waals surface area contributed by atoms with Gasteiger partial charge in [0.25, 0.3) is 0 Å². The monoisotopic (exact) mass is 249 g/mol. The molecule has 5 nitrogen and oxygen atoms in total. The van der Waals surface area contributed by atoms with Gasteiger partial charge in [-0.3, -0.25) is 4.79 Å². The molecule has 0 bridgehead atoms. The Labute approximate surface area is 107 Å². The third-order valence-electron chi connectivity index (χ3n) is 3.83. The molecule has 2 unspecified atom stereocenters. The Kier molecular flexibility index (Phi) is 3.26. The van der Waals surface area contributed by atoms with E-state index >= 15 is 0 Å². The van der Waals surface area contributed by atoms with Gasteiger partial charge in [-0.25, -0.2) is 4.98 Å². The van der Waals surface area contributed by atoms with Crippen molar-refractivity contribution in [2.24, 2.45) is 11.1 Å². The highest BCUT2D eigenvalue weighted by Crippen LogP contribution is 2.43. The molecule has 1 heterocycles. The number of rotatable bonds is 4. The number of nitrogens with two attached hydrogens (primary N) is 1. The lowest BCUT2D eigenvalue weighted by Crippen LogP contribution is -2.57. The molecule has 2 rings (SSSR count). The molecule has 1 aromatic heterocycles. The van der Waals surface area contributed by atoms with Gasteiger partial charge in [-0.2, -0.15) is 0 Å². The van der Waals surface area contributed by atoms with Crippen LogP contribution in [0.4, 0.5) is 5.82 Å². The summed E-state index contributed by atoms with van der Waals surface area (Å²) >= 11 is 0. The number of carbonyl (C=O) groups is 1. The summed E-state index contributed by atoms with van der Waals surface area (Å²) in [6.45, 7) is 4.33. The second-order valence-corrected chi connectivity index (χ2v) is 5.27. The summed E-state index contributed by atoms with van der Waals surface area (Å²) < 4.78 is 5.40. The lowest BCUT2D eigenvalue weighted by Gasteiger charge is -2.51. The lowest BCUT2D eigenvalue weighted by atomic mass is 9.64. The molecule has 0 aliphatic heterocycles. The van der Waals surface area contributed by atoms with Gasteiger partial charge in [0.1, 0.15) is 5.82 Å². The van der Waals surface area contributed by atoms with E-state index in [9.17, 15) is 4.79 Å². The van der Waals surface area contributed by atoms with Crippen molar-refractivity contribution in [2.45, 2.75) is 32.4 Å². The molecule has 3 N–H and O–H groups in total. The minimum Gasteiger partial charge on any atom is -0.381 e. The minimum atomic E-state index is -0.461. The largest absolute Gasteiger partial charge is 0.381 e. The summed E-state index contributed by atoms with van der Waals surface area (Å²) in [5.74, 6) is 0.296. The number of amides is 1. The van der Waals surface area contributed by atoms with Crippen LogP contribution < -0.4 is 11.1 Å². The van der Waals surface area contributed by atoms with Crippen LogP contribution in [-0.2, 0) is 4.74 Å². The molecule has 2 atom stereocenters. The number of carbonyl (C=O) groups excluding carboxylic acids is 1. The van der Waals surface area contributed by atoms with Crippen LogP contribution in [0.1, 0.15) is 30.6 Å². The van der Waals surface area contributed by atoms with Gasteiger partial charge in [-0.15, -0.1) is 0 Å². The molecule has 1 aliphatic rings. The summed E-state index contributed by atoms with van der Waals surface area (Å²) in [6, 6.07) is 3.78. The Hall–Kier alpha value is -1.62. The smallest absolute Gasteiger partial charge is 0.250 e. The van der Waals surface area contributed by atoms with Gasteiger partial charge < -0.3 is 15.8 Å². The van der Waals surface area contributed by atoms with Crippen molar-refractivity contribution in [1.82, 2.24) is 4.98 Å². The molecule has 1 saturated carbocycles. The van der Waals surface area contributed by atoms with Crippen LogP contribution in [0.15, 0.2) is 18.3 Å². The summed E-state index contributed by atoms with van der Waals surface area (Å²) in [4.78, 5) is 15.1. The Morgan fingerprint density at radius 3 is 2.72 bits per heavy atom. The standard InChI is InChI=1S/C13H19N3O2/c1-13(2)9(6-10(13)18-3)16-11-5-4-8(7-15-11)12(14)17/h4-5,7,9-10H,6H2,1-3H3,(H2,14,17)(H,15,16). The molecular formula is C13H19N3O2. The molecule has 0 spiro atoms. The highest BCUT2D eigenvalue weighted by atomic mass is 16.5. The second kappa shape index (κ2) is 4.57. The van der Waals surface area contributed by atoms with E-state index in [1.807, 2.05) is 0 Å². The number of pyridine rings is 1. The van der Waals surface area contributed by atoms with E-state index in [1.165, 1.54) is 6.20 Å². The van der Waals surface area contributed by atoms with E-state index in [0.717, 1.165) is 12.2 Å². The molecule has 0 aromatic carbocycles. The van der Waals surface area contributed by atoms with Crippen LogP contribution in [0.2, 0.25) is 0 Å². The van der Waals surface area contributed by atoms with Crippen LogP contribution in [0.5, 0.6) is 0 Å². The van der Waals surface area contributed by atoms with E-state index in [2.05, 4.69) is 24.1 Å². The van der Waals surface area contributed by atoms with Crippen molar-refractivity contribution in [1.29, 1.82) is 0 Å². The fourth-order valence-electron chi connectivity index (χ4n) is 2.33. The number of hydrogen-bond acceptors (Lipinski definition) is 4. The molecular weight excluding hydrogens is 230 g/mol. The number of hydrogen-bond donors (Lipinski definition) is 2. The summed E-state index contributed by atoms with van der Waals surface area (Å²) in [7, 11) is 1.74. The van der Waals surface area contributed by atoms with Crippen molar-refractivity contribution in [3.05, 3.63) is 23.9 Å². The molecule has 1 aliphatic carbocycles. The number of nitrogens with one attached hydrogen (secondary N) is 1. The predicted octanol–water partition coefficient (Wildman–Crippen LogP) is 1.41. The van der Waals surface area contributed by atoms with Gasteiger partial charge >= 0.3 is 0 Å². The van der Waals surface area contributed by atoms with Gasteiger partial charge in [0.15, 0.2) is 0 Å². The van der Waals surface area contributed by atoms with Gasteiger partial charge in [-0.05, 0) is 18.6 Å². The van der Waals surface area contributed by atoms with Crippen LogP contribution in [-0.4, -0.2) is 30.1 Å². The fourth-order valence-corrected chi connectivity index (χ4v) is 2.33. The maximum absolute atomic E-state index is 10.9. The van der Waals surface area contributed by atoms with E-state index in [-0.39, 0.29) is 11.5 Å². The number of ether oxygens (including phenoxy) is 1. The second-order valence-electron chi connectivity index (χ2n) is 5.27. The van der Waals surface area contributed by atoms with Gasteiger partial charge in [0, 0.05) is 24.8 Å². The normalized spacial score (nSPS) is 25.3. The number of nitrogens with zero attached hydrogens (tertiary/aromatic N) is 1. The van der Waals surface area contributed by atoms with Crippen molar-refractivity contribution in [2.75, 3.05) is 12.4 Å². The zero-order chi connectivity index (χ0) is 13.3. The predicted molar refractivity (Wildman–Crippen MR) is 69.4 cm³/mol. The molecule has 1 amide bonds. The fraction of sp³-hybridized carbons (Fsp3) is 0.538. The molecule has 1 fully saturated rings. The van der Waals surface area contributed by atoms with Crippen molar-refractivity contribution in [3.63, 3.8) is 0 Å². The third kappa shape index (κ3) is 2.18. The number of aromatic nitrogens is 1. The molecule has 0 saturated heterocycles. The Morgan fingerprint density at radius 2 is 2.28 bits per heavy atom. The van der Waals surface area contributed by atoms with Crippen LogP contribution in [0.25, 0.3) is 0 Å². The Balaban J connectivity index is 2.01. The topological polar surface area (TPSA) is 77.2 Å². The summed E-state index contributed by atoms with van der Waals surface area (Å²) in [6.07, 6.45) is 2.73. The highest BCUT2D eigenvalue weighted by Gasteiger charge is 2.48. The van der Waals surface area contributed by atoms with Gasteiger partial charge in [0.2, 0.25) is 5.91 Å². The molecule has 1 aromatic rings. The SMILES string of the molecule is COC1CC(Nc2ccc(C(N)=O)cn2)C1(C)C. The van der Waals surface area contributed by atoms with E-state index < -0.39 is 5.91 Å². The maximum atomic E-state index is 10.9. The summed E-state index contributed by atoms with van der Waals surface area (Å²) in [5.41, 5.74) is 5.67. The zero-order valence-electron chi connectivity index (χ0n) is 10.9. The first-order chi connectivity index (χ1) is 8.45. The summed E-state index contributed by atoms with van der Waals surface area (Å²) in [5, 5.41) is 3.36. The first-order valence-electron chi connectivity index (χ1n) is 6.00. The first kappa shape index (κ1) is 12.8. The number of primary amides is 1. The zero-order valence-corrected chi connectivity index (χ0v) is 10.9. The van der Waals surface area contributed by atoms with Crippen molar-refractivity contribution in [3.8, 4) is 0 Å². The average Bonchev–Trinajstić information content (AvgIpc) is 2.34. The Morgan fingerprint density at radius 1 is 1.56 bits per heavy atom. The van der Waals surface area contributed by atoms with Gasteiger partial charge in [-0.1, -0.05) is 13.8 Å². The Bertz CT molecular complexity index is 442. The molecule has 98 valence electrons. The van der Waals surface area contributed by atoms with Crippen molar-refractivity contribution < 1.29 is 9.53 Å². The maximum Gasteiger partial charge on any atom is 0.250 e. The van der Waals surface area contributed by atoms with Crippen LogP contribution in [0, 0.1) is 5.41 Å². The van der Waals surface area contributed by atoms with Crippen molar-refractivity contribution >= 4 is 11.7 Å². The third-order valence-corrected chi connectivity index (χ3v) is 3.83. The minimum absolute atomic E-state index is 0.0821. The first-order valence-corrected chi connectivity index (χ1v) is 6.00. The molecule has 0 radical (unpaired) electrons. The molecule has 18 heavy (non-hydrogen) atoms. The number of anilines is 1. The quantitative estimate of drug-likeness (QED) is 0.845. The lowest BCUT2D eigenvalue weighted by molar-refractivity contribution is -0.0795. The number of methoxy groups -OCH3 is 1. The molecule has 5 heteroatoms. The van der Waals surface area contributed by atoms with E-state index in [0.29, 0.717) is 11.6 Å². The van der Waals surface area contributed by atoms with E-state index in [4.69, 9.17) is 10.5 Å². The highest BCUT2D eigenvalue weighted by molar-refractivity contribution is 5.92. The average molecular weight is 249 g/mol. The van der Waals surface area contributed by atoms with Gasteiger partial charge in [0.05, 0.1) is 11.7 Å².